The summed E-state index contributed by atoms with van der Waals surface area (Å²) in [5, 5.41) is 6.61. The Hall–Kier alpha value is -0.770. The van der Waals surface area contributed by atoms with Crippen LogP contribution in [0.4, 0.5) is 0 Å². The van der Waals surface area contributed by atoms with Gasteiger partial charge in [0, 0.05) is 25.0 Å². The van der Waals surface area contributed by atoms with E-state index in [9.17, 15) is 0 Å². The molecule has 0 bridgehead atoms. The zero-order valence-corrected chi connectivity index (χ0v) is 10.4. The second-order valence-corrected chi connectivity index (χ2v) is 5.90. The van der Waals surface area contributed by atoms with E-state index in [-0.39, 0.29) is 10.8 Å². The highest BCUT2D eigenvalue weighted by atomic mass is 15.2. The van der Waals surface area contributed by atoms with Gasteiger partial charge in [-0.15, -0.1) is 0 Å². The van der Waals surface area contributed by atoms with Crippen LogP contribution in [0, 0.1) is 10.8 Å². The van der Waals surface area contributed by atoms with Crippen LogP contribution >= 0.6 is 0 Å². The molecular formula is C11H24N4. The predicted molar refractivity (Wildman–Crippen MR) is 64.9 cm³/mol. The molecule has 0 aromatic rings. The quantitative estimate of drug-likeness (QED) is 0.640. The monoisotopic (exact) mass is 212 g/mol. The van der Waals surface area contributed by atoms with Crippen LogP contribution in [0.3, 0.4) is 0 Å². The molecule has 0 aromatic heterocycles. The molecule has 4 N–H and O–H groups in total. The molecule has 1 rings (SSSR count). The second-order valence-electron chi connectivity index (χ2n) is 5.90. The SMILES string of the molecule is CC(C)(CN)CNC1=NCC(C)(C)CN1. The maximum atomic E-state index is 5.66. The van der Waals surface area contributed by atoms with Gasteiger partial charge in [-0.3, -0.25) is 4.99 Å². The summed E-state index contributed by atoms with van der Waals surface area (Å²) in [7, 11) is 0. The molecule has 0 aromatic carbocycles. The van der Waals surface area contributed by atoms with Crippen molar-refractivity contribution < 1.29 is 0 Å². The molecule has 4 nitrogen and oxygen atoms in total. The van der Waals surface area contributed by atoms with Crippen molar-refractivity contribution >= 4 is 5.96 Å². The molecular weight excluding hydrogens is 188 g/mol. The van der Waals surface area contributed by atoms with Gasteiger partial charge in [0.15, 0.2) is 5.96 Å². The van der Waals surface area contributed by atoms with Crippen LogP contribution in [-0.2, 0) is 0 Å². The zero-order chi connectivity index (χ0) is 11.5. The number of nitrogens with zero attached hydrogens (tertiary/aromatic N) is 1. The average molecular weight is 212 g/mol. The van der Waals surface area contributed by atoms with Gasteiger partial charge in [-0.2, -0.15) is 0 Å². The van der Waals surface area contributed by atoms with Crippen LogP contribution in [0.15, 0.2) is 4.99 Å². The van der Waals surface area contributed by atoms with E-state index in [0.717, 1.165) is 25.6 Å². The molecule has 0 amide bonds. The molecule has 0 spiro atoms. The highest BCUT2D eigenvalue weighted by Gasteiger charge is 2.23. The smallest absolute Gasteiger partial charge is 0.191 e. The Morgan fingerprint density at radius 1 is 1.53 bits per heavy atom. The van der Waals surface area contributed by atoms with Crippen molar-refractivity contribution in [1.29, 1.82) is 0 Å². The minimum atomic E-state index is 0.122. The molecule has 0 atom stereocenters. The van der Waals surface area contributed by atoms with E-state index in [1.807, 2.05) is 0 Å². The highest BCUT2D eigenvalue weighted by Crippen LogP contribution is 2.16. The lowest BCUT2D eigenvalue weighted by molar-refractivity contribution is 0.345. The van der Waals surface area contributed by atoms with E-state index in [4.69, 9.17) is 5.73 Å². The van der Waals surface area contributed by atoms with Gasteiger partial charge in [0.05, 0.1) is 0 Å². The Labute approximate surface area is 92.7 Å². The third-order valence-corrected chi connectivity index (χ3v) is 2.69. The van der Waals surface area contributed by atoms with E-state index >= 15 is 0 Å². The number of guanidine groups is 1. The van der Waals surface area contributed by atoms with E-state index in [1.165, 1.54) is 0 Å². The maximum absolute atomic E-state index is 5.66. The Kier molecular flexibility index (Phi) is 3.60. The summed E-state index contributed by atoms with van der Waals surface area (Å²) in [6.45, 7) is 12.1. The lowest BCUT2D eigenvalue weighted by Crippen LogP contribution is -2.50. The molecule has 0 saturated carbocycles. The van der Waals surface area contributed by atoms with Crippen molar-refractivity contribution in [3.8, 4) is 0 Å². The second kappa shape index (κ2) is 4.39. The van der Waals surface area contributed by atoms with Crippen molar-refractivity contribution in [3.05, 3.63) is 0 Å². The first-order chi connectivity index (χ1) is 6.85. The van der Waals surface area contributed by atoms with E-state index in [0.29, 0.717) is 6.54 Å². The average Bonchev–Trinajstić information content (AvgIpc) is 2.16. The van der Waals surface area contributed by atoms with E-state index in [2.05, 4.69) is 43.3 Å². The number of nitrogens with two attached hydrogens (primary N) is 1. The third-order valence-electron chi connectivity index (χ3n) is 2.69. The van der Waals surface area contributed by atoms with Crippen LogP contribution in [0.2, 0.25) is 0 Å². The number of rotatable bonds is 3. The molecule has 15 heavy (non-hydrogen) atoms. The van der Waals surface area contributed by atoms with Gasteiger partial charge in [0.1, 0.15) is 0 Å². The van der Waals surface area contributed by atoms with Crippen LogP contribution in [-0.4, -0.2) is 32.1 Å². The molecule has 0 saturated heterocycles. The molecule has 0 aliphatic carbocycles. The van der Waals surface area contributed by atoms with Gasteiger partial charge >= 0.3 is 0 Å². The van der Waals surface area contributed by atoms with Gasteiger partial charge in [0.2, 0.25) is 0 Å². The normalized spacial score (nSPS) is 20.5. The van der Waals surface area contributed by atoms with Crippen molar-refractivity contribution in [3.63, 3.8) is 0 Å². The molecule has 88 valence electrons. The molecule has 0 fully saturated rings. The summed E-state index contributed by atoms with van der Waals surface area (Å²) in [6, 6.07) is 0. The maximum Gasteiger partial charge on any atom is 0.191 e. The fourth-order valence-electron chi connectivity index (χ4n) is 1.24. The van der Waals surface area contributed by atoms with Gasteiger partial charge in [0.25, 0.3) is 0 Å². The van der Waals surface area contributed by atoms with Gasteiger partial charge in [-0.05, 0) is 12.0 Å². The summed E-state index contributed by atoms with van der Waals surface area (Å²) in [5.74, 6) is 0.913. The van der Waals surface area contributed by atoms with Crippen LogP contribution in [0.25, 0.3) is 0 Å². The summed E-state index contributed by atoms with van der Waals surface area (Å²) in [5.41, 5.74) is 6.06. The summed E-state index contributed by atoms with van der Waals surface area (Å²) < 4.78 is 0. The molecule has 0 radical (unpaired) electrons. The van der Waals surface area contributed by atoms with Crippen molar-refractivity contribution in [1.82, 2.24) is 10.6 Å². The standard InChI is InChI=1S/C11H24N4/c1-10(2,5-12)6-13-9-14-7-11(3,4)8-15-9/h5-8,12H2,1-4H3,(H2,13,14,15). The van der Waals surface area contributed by atoms with E-state index < -0.39 is 0 Å². The van der Waals surface area contributed by atoms with Crippen LogP contribution < -0.4 is 16.4 Å². The lowest BCUT2D eigenvalue weighted by Gasteiger charge is -2.31. The fourth-order valence-corrected chi connectivity index (χ4v) is 1.24. The van der Waals surface area contributed by atoms with Gasteiger partial charge < -0.3 is 16.4 Å². The highest BCUT2D eigenvalue weighted by molar-refractivity contribution is 5.80. The number of hydrogen-bond donors (Lipinski definition) is 3. The number of nitrogens with one attached hydrogen (secondary N) is 2. The minimum Gasteiger partial charge on any atom is -0.356 e. The Bertz CT molecular complexity index is 243. The first kappa shape index (κ1) is 12.3. The zero-order valence-electron chi connectivity index (χ0n) is 10.4. The van der Waals surface area contributed by atoms with Crippen LogP contribution in [0.1, 0.15) is 27.7 Å². The molecule has 0 unspecified atom stereocenters. The molecule has 1 aliphatic heterocycles. The Morgan fingerprint density at radius 3 is 2.67 bits per heavy atom. The molecule has 4 heteroatoms. The van der Waals surface area contributed by atoms with Crippen LogP contribution in [0.5, 0.6) is 0 Å². The lowest BCUT2D eigenvalue weighted by atomic mass is 9.92. The molecule has 1 heterocycles. The largest absolute Gasteiger partial charge is 0.356 e. The summed E-state index contributed by atoms with van der Waals surface area (Å²) in [4.78, 5) is 4.47. The molecule has 1 aliphatic rings. The summed E-state index contributed by atoms with van der Waals surface area (Å²) >= 11 is 0. The fraction of sp³-hybridized carbons (Fsp3) is 0.909. The van der Waals surface area contributed by atoms with Crippen molar-refractivity contribution in [2.24, 2.45) is 21.6 Å². The Balaban J connectivity index is 2.39. The summed E-state index contributed by atoms with van der Waals surface area (Å²) in [6.07, 6.45) is 0. The number of hydrogen-bond acceptors (Lipinski definition) is 4. The van der Waals surface area contributed by atoms with Gasteiger partial charge in [-0.25, -0.2) is 0 Å². The number of aliphatic imine (C=N–C) groups is 1. The Morgan fingerprint density at radius 2 is 2.20 bits per heavy atom. The van der Waals surface area contributed by atoms with E-state index in [1.54, 1.807) is 0 Å². The first-order valence-corrected chi connectivity index (χ1v) is 5.57. The topological polar surface area (TPSA) is 62.4 Å². The predicted octanol–water partition coefficient (Wildman–Crippen LogP) is 0.546. The van der Waals surface area contributed by atoms with Crippen molar-refractivity contribution in [2.45, 2.75) is 27.7 Å². The van der Waals surface area contributed by atoms with Gasteiger partial charge in [-0.1, -0.05) is 27.7 Å². The third kappa shape index (κ3) is 4.08. The first-order valence-electron chi connectivity index (χ1n) is 5.57. The minimum absolute atomic E-state index is 0.122. The van der Waals surface area contributed by atoms with Crippen molar-refractivity contribution in [2.75, 3.05) is 26.2 Å².